The number of hydrogen-bond donors (Lipinski definition) is 2. The number of methoxy groups -OCH3 is 1. The fourth-order valence-electron chi connectivity index (χ4n) is 1.81. The van der Waals surface area contributed by atoms with Gasteiger partial charge in [-0.3, -0.25) is 4.79 Å². The Balaban J connectivity index is 2.45. The number of carbonyl (C=O) groups excluding carboxylic acids is 2. The molecule has 7 heteroatoms. The maximum atomic E-state index is 11.8. The normalized spacial score (nSPS) is 16.1. The first kappa shape index (κ1) is 15.3. The number of nitrogens with zero attached hydrogens (tertiary/aromatic N) is 1. The fourth-order valence-corrected chi connectivity index (χ4v) is 1.81. The van der Waals surface area contributed by atoms with Crippen molar-refractivity contribution in [3.63, 3.8) is 0 Å². The van der Waals surface area contributed by atoms with Crippen LogP contribution in [-0.2, 0) is 14.3 Å². The maximum Gasteiger partial charge on any atom is 0.326 e. The highest BCUT2D eigenvalue weighted by molar-refractivity contribution is 5.83. The zero-order valence-electron chi connectivity index (χ0n) is 11.2. The second-order valence-corrected chi connectivity index (χ2v) is 4.65. The van der Waals surface area contributed by atoms with Gasteiger partial charge in [0, 0.05) is 19.5 Å². The van der Waals surface area contributed by atoms with E-state index in [1.54, 1.807) is 7.05 Å². The Hall–Kier alpha value is -1.79. The van der Waals surface area contributed by atoms with Crippen molar-refractivity contribution in [1.82, 2.24) is 10.2 Å². The highest BCUT2D eigenvalue weighted by Gasteiger charge is 2.28. The Bertz CT molecular complexity index is 354. The van der Waals surface area contributed by atoms with Crippen LogP contribution in [-0.4, -0.2) is 54.2 Å². The van der Waals surface area contributed by atoms with Crippen molar-refractivity contribution in [3.8, 4) is 0 Å². The van der Waals surface area contributed by atoms with Gasteiger partial charge in [0.2, 0.25) is 0 Å². The summed E-state index contributed by atoms with van der Waals surface area (Å²) in [6, 6.07) is -1.30. The molecule has 0 radical (unpaired) electrons. The molecule has 0 heterocycles. The van der Waals surface area contributed by atoms with Crippen LogP contribution >= 0.6 is 0 Å². The number of carboxylic acids is 1. The Morgan fingerprint density at radius 3 is 2.47 bits per heavy atom. The molecular formula is C12H20N2O5. The SMILES string of the molecule is COC(=O)CC[C@H](NC(=O)N(C)C1CCC1)C(=O)O. The van der Waals surface area contributed by atoms with Crippen molar-refractivity contribution < 1.29 is 24.2 Å². The van der Waals surface area contributed by atoms with E-state index in [0.29, 0.717) is 0 Å². The van der Waals surface area contributed by atoms with Gasteiger partial charge >= 0.3 is 18.0 Å². The van der Waals surface area contributed by atoms with E-state index in [-0.39, 0.29) is 18.9 Å². The lowest BCUT2D eigenvalue weighted by Crippen LogP contribution is -2.51. The number of carboxylic acid groups (broad SMARTS) is 1. The first-order valence-corrected chi connectivity index (χ1v) is 6.28. The summed E-state index contributed by atoms with van der Waals surface area (Å²) < 4.78 is 4.44. The fraction of sp³-hybridized carbons (Fsp3) is 0.750. The number of carbonyl (C=O) groups is 3. The predicted octanol–water partition coefficient (Wildman–Crippen LogP) is 0.587. The second-order valence-electron chi connectivity index (χ2n) is 4.65. The molecule has 0 unspecified atom stereocenters. The Morgan fingerprint density at radius 2 is 2.05 bits per heavy atom. The van der Waals surface area contributed by atoms with Crippen LogP contribution in [0.25, 0.3) is 0 Å². The van der Waals surface area contributed by atoms with Crippen molar-refractivity contribution in [1.29, 1.82) is 0 Å². The van der Waals surface area contributed by atoms with Crippen molar-refractivity contribution in [2.24, 2.45) is 0 Å². The molecule has 108 valence electrons. The summed E-state index contributed by atoms with van der Waals surface area (Å²) in [7, 11) is 2.89. The molecule has 19 heavy (non-hydrogen) atoms. The summed E-state index contributed by atoms with van der Waals surface area (Å²) >= 11 is 0. The number of amides is 2. The van der Waals surface area contributed by atoms with Crippen molar-refractivity contribution in [2.75, 3.05) is 14.2 Å². The summed E-state index contributed by atoms with van der Waals surface area (Å²) in [6.07, 6.45) is 2.97. The lowest BCUT2D eigenvalue weighted by molar-refractivity contribution is -0.142. The molecular weight excluding hydrogens is 252 g/mol. The molecule has 0 spiro atoms. The highest BCUT2D eigenvalue weighted by atomic mass is 16.5. The minimum Gasteiger partial charge on any atom is -0.480 e. The number of esters is 1. The summed E-state index contributed by atoms with van der Waals surface area (Å²) in [4.78, 5) is 35.4. The van der Waals surface area contributed by atoms with Gasteiger partial charge in [-0.1, -0.05) is 0 Å². The molecule has 1 atom stereocenters. The van der Waals surface area contributed by atoms with Gasteiger partial charge in [-0.05, 0) is 25.7 Å². The zero-order chi connectivity index (χ0) is 14.4. The van der Waals surface area contributed by atoms with E-state index in [4.69, 9.17) is 5.11 Å². The van der Waals surface area contributed by atoms with E-state index >= 15 is 0 Å². The molecule has 2 N–H and O–H groups in total. The standard InChI is InChI=1S/C12H20N2O5/c1-14(8-4-3-5-8)12(18)13-9(11(16)17)6-7-10(15)19-2/h8-9H,3-7H2,1-2H3,(H,13,18)(H,16,17)/t9-/m0/s1. The second kappa shape index (κ2) is 6.96. The summed E-state index contributed by atoms with van der Waals surface area (Å²) in [5, 5.41) is 11.4. The number of urea groups is 1. The Morgan fingerprint density at radius 1 is 1.42 bits per heavy atom. The van der Waals surface area contributed by atoms with Gasteiger partial charge < -0.3 is 20.1 Å². The third kappa shape index (κ3) is 4.42. The summed E-state index contributed by atoms with van der Waals surface area (Å²) in [5.41, 5.74) is 0. The van der Waals surface area contributed by atoms with E-state index in [9.17, 15) is 14.4 Å². The molecule has 0 aromatic rings. The Kier molecular flexibility index (Phi) is 5.59. The van der Waals surface area contributed by atoms with E-state index in [1.807, 2.05) is 0 Å². The van der Waals surface area contributed by atoms with Crippen molar-refractivity contribution >= 4 is 18.0 Å². The zero-order valence-corrected chi connectivity index (χ0v) is 11.2. The molecule has 0 aromatic carbocycles. The number of nitrogens with one attached hydrogen (secondary N) is 1. The molecule has 0 aromatic heterocycles. The van der Waals surface area contributed by atoms with E-state index in [1.165, 1.54) is 12.0 Å². The molecule has 0 bridgehead atoms. The molecule has 2 amide bonds. The van der Waals surface area contributed by atoms with Gasteiger partial charge in [-0.2, -0.15) is 0 Å². The van der Waals surface area contributed by atoms with Gasteiger partial charge in [0.15, 0.2) is 0 Å². The number of rotatable bonds is 6. The molecule has 1 saturated carbocycles. The number of aliphatic carboxylic acids is 1. The van der Waals surface area contributed by atoms with Gasteiger partial charge in [0.05, 0.1) is 7.11 Å². The molecule has 7 nitrogen and oxygen atoms in total. The van der Waals surface area contributed by atoms with Crippen molar-refractivity contribution in [2.45, 2.75) is 44.2 Å². The third-order valence-electron chi connectivity index (χ3n) is 3.40. The first-order chi connectivity index (χ1) is 8.95. The minimum absolute atomic E-state index is 0.0201. The van der Waals surface area contributed by atoms with Crippen LogP contribution in [0.3, 0.4) is 0 Å². The quantitative estimate of drug-likeness (QED) is 0.690. The summed E-state index contributed by atoms with van der Waals surface area (Å²) in [6.45, 7) is 0. The molecule has 1 aliphatic carbocycles. The molecule has 0 saturated heterocycles. The van der Waals surface area contributed by atoms with Gasteiger partial charge in [-0.25, -0.2) is 9.59 Å². The van der Waals surface area contributed by atoms with Gasteiger partial charge in [0.1, 0.15) is 6.04 Å². The van der Waals surface area contributed by atoms with Crippen LogP contribution in [0, 0.1) is 0 Å². The Labute approximate surface area is 111 Å². The smallest absolute Gasteiger partial charge is 0.326 e. The molecule has 1 rings (SSSR count). The molecule has 0 aliphatic heterocycles. The van der Waals surface area contributed by atoms with Crippen LogP contribution < -0.4 is 5.32 Å². The lowest BCUT2D eigenvalue weighted by atomic mass is 9.92. The monoisotopic (exact) mass is 272 g/mol. The van der Waals surface area contributed by atoms with Crippen LogP contribution in [0.15, 0.2) is 0 Å². The van der Waals surface area contributed by atoms with E-state index in [2.05, 4.69) is 10.1 Å². The molecule has 1 fully saturated rings. The van der Waals surface area contributed by atoms with E-state index in [0.717, 1.165) is 19.3 Å². The van der Waals surface area contributed by atoms with Crippen LogP contribution in [0.2, 0.25) is 0 Å². The topological polar surface area (TPSA) is 95.9 Å². The van der Waals surface area contributed by atoms with Crippen LogP contribution in [0.5, 0.6) is 0 Å². The highest BCUT2D eigenvalue weighted by Crippen LogP contribution is 2.23. The van der Waals surface area contributed by atoms with Gasteiger partial charge in [0.25, 0.3) is 0 Å². The predicted molar refractivity (Wildman–Crippen MR) is 66.6 cm³/mol. The third-order valence-corrected chi connectivity index (χ3v) is 3.40. The average Bonchev–Trinajstić information content (AvgIpc) is 2.30. The van der Waals surface area contributed by atoms with Gasteiger partial charge in [-0.15, -0.1) is 0 Å². The number of ether oxygens (including phenoxy) is 1. The molecule has 1 aliphatic rings. The van der Waals surface area contributed by atoms with Crippen LogP contribution in [0.4, 0.5) is 4.79 Å². The average molecular weight is 272 g/mol. The van der Waals surface area contributed by atoms with E-state index < -0.39 is 24.0 Å². The van der Waals surface area contributed by atoms with Crippen LogP contribution in [0.1, 0.15) is 32.1 Å². The maximum absolute atomic E-state index is 11.8. The largest absolute Gasteiger partial charge is 0.480 e. The minimum atomic E-state index is -1.15. The lowest BCUT2D eigenvalue weighted by Gasteiger charge is -2.35. The summed E-state index contributed by atoms with van der Waals surface area (Å²) in [5.74, 6) is -1.65. The first-order valence-electron chi connectivity index (χ1n) is 6.28. The number of hydrogen-bond acceptors (Lipinski definition) is 4. The van der Waals surface area contributed by atoms with Crippen molar-refractivity contribution in [3.05, 3.63) is 0 Å².